The summed E-state index contributed by atoms with van der Waals surface area (Å²) < 4.78 is 32.6. The van der Waals surface area contributed by atoms with E-state index in [-0.39, 0.29) is 18.0 Å². The van der Waals surface area contributed by atoms with Crippen LogP contribution in [-0.4, -0.2) is 61.2 Å². The van der Waals surface area contributed by atoms with Crippen LogP contribution in [0.2, 0.25) is 0 Å². The minimum atomic E-state index is -1.33. The highest BCUT2D eigenvalue weighted by Gasteiger charge is 2.53. The van der Waals surface area contributed by atoms with Gasteiger partial charge in [-0.1, -0.05) is 12.1 Å². The summed E-state index contributed by atoms with van der Waals surface area (Å²) in [5.41, 5.74) is 6.19. The first kappa shape index (κ1) is 23.9. The molecule has 1 aromatic rings. The van der Waals surface area contributed by atoms with Crippen LogP contribution < -0.4 is 10.5 Å². The predicted octanol–water partition coefficient (Wildman–Crippen LogP) is 0.731. The van der Waals surface area contributed by atoms with Crippen LogP contribution in [0.15, 0.2) is 24.3 Å². The zero-order valence-corrected chi connectivity index (χ0v) is 17.6. The lowest BCUT2D eigenvalue weighted by Gasteiger charge is -2.44. The smallest absolute Gasteiger partial charge is 0.303 e. The van der Waals surface area contributed by atoms with Crippen LogP contribution in [0.5, 0.6) is 5.75 Å². The second-order valence-electron chi connectivity index (χ2n) is 6.72. The number of carbonyl (C=O) groups excluding carboxylic acids is 4. The van der Waals surface area contributed by atoms with Crippen molar-refractivity contribution in [2.24, 2.45) is 0 Å². The van der Waals surface area contributed by atoms with Gasteiger partial charge >= 0.3 is 23.9 Å². The van der Waals surface area contributed by atoms with Crippen LogP contribution >= 0.6 is 0 Å². The number of nitrogens with two attached hydrogens (primary N) is 1. The lowest BCUT2D eigenvalue weighted by atomic mass is 9.98. The number of rotatable bonds is 7. The number of esters is 4. The van der Waals surface area contributed by atoms with E-state index >= 15 is 0 Å². The van der Waals surface area contributed by atoms with Gasteiger partial charge < -0.3 is 34.2 Å². The third-order valence-electron chi connectivity index (χ3n) is 4.11. The van der Waals surface area contributed by atoms with Crippen molar-refractivity contribution in [3.8, 4) is 5.75 Å². The van der Waals surface area contributed by atoms with Gasteiger partial charge in [-0.2, -0.15) is 0 Å². The zero-order valence-electron chi connectivity index (χ0n) is 17.6. The Balaban J connectivity index is 2.46. The first-order valence-corrected chi connectivity index (χ1v) is 9.40. The molecule has 1 heterocycles. The number of hydrogen-bond acceptors (Lipinski definition) is 11. The Labute approximate surface area is 178 Å². The third kappa shape index (κ3) is 6.85. The van der Waals surface area contributed by atoms with Crippen molar-refractivity contribution in [2.45, 2.75) is 58.4 Å². The molecule has 0 aliphatic carbocycles. The van der Waals surface area contributed by atoms with E-state index in [4.69, 9.17) is 34.2 Å². The third-order valence-corrected chi connectivity index (χ3v) is 4.11. The topological polar surface area (TPSA) is 150 Å². The Morgan fingerprint density at radius 2 is 1.39 bits per heavy atom. The van der Waals surface area contributed by atoms with Crippen LogP contribution in [0.1, 0.15) is 27.7 Å². The van der Waals surface area contributed by atoms with Gasteiger partial charge in [-0.05, 0) is 12.1 Å². The summed E-state index contributed by atoms with van der Waals surface area (Å²) in [5.74, 6) is -2.57. The van der Waals surface area contributed by atoms with Crippen LogP contribution in [0.25, 0.3) is 0 Å². The highest BCUT2D eigenvalue weighted by atomic mass is 16.7. The number of ether oxygens (including phenoxy) is 6. The first-order valence-electron chi connectivity index (χ1n) is 9.40. The van der Waals surface area contributed by atoms with E-state index in [2.05, 4.69) is 0 Å². The number of nitrogen functional groups attached to an aromatic ring is 1. The number of para-hydroxylation sites is 2. The molecule has 2 N–H and O–H groups in total. The van der Waals surface area contributed by atoms with Crippen LogP contribution in [-0.2, 0) is 42.9 Å². The van der Waals surface area contributed by atoms with Gasteiger partial charge in [-0.3, -0.25) is 19.2 Å². The minimum Gasteiger partial charge on any atom is -0.463 e. The highest BCUT2D eigenvalue weighted by Crippen LogP contribution is 2.32. The molecule has 11 nitrogen and oxygen atoms in total. The van der Waals surface area contributed by atoms with Crippen molar-refractivity contribution in [2.75, 3.05) is 12.3 Å². The molecule has 1 saturated heterocycles. The molecule has 0 aromatic heterocycles. The van der Waals surface area contributed by atoms with Crippen molar-refractivity contribution in [1.82, 2.24) is 0 Å². The molecule has 2 rings (SSSR count). The van der Waals surface area contributed by atoms with Crippen molar-refractivity contribution >= 4 is 29.6 Å². The fraction of sp³-hybridized carbons (Fsp3) is 0.500. The molecule has 1 fully saturated rings. The fourth-order valence-electron chi connectivity index (χ4n) is 3.00. The summed E-state index contributed by atoms with van der Waals surface area (Å²) in [6, 6.07) is 6.50. The fourth-order valence-corrected chi connectivity index (χ4v) is 3.00. The molecule has 0 amide bonds. The molecule has 5 atom stereocenters. The van der Waals surface area contributed by atoms with Crippen LogP contribution in [0.3, 0.4) is 0 Å². The molecule has 0 bridgehead atoms. The van der Waals surface area contributed by atoms with Gasteiger partial charge in [-0.25, -0.2) is 0 Å². The lowest BCUT2D eigenvalue weighted by Crippen LogP contribution is -2.63. The van der Waals surface area contributed by atoms with Gasteiger partial charge in [0.05, 0.1) is 5.69 Å². The van der Waals surface area contributed by atoms with Crippen molar-refractivity contribution < 1.29 is 47.6 Å². The van der Waals surface area contributed by atoms with E-state index in [9.17, 15) is 19.2 Å². The van der Waals surface area contributed by atoms with Crippen LogP contribution in [0, 0.1) is 0 Å². The Bertz CT molecular complexity index is 826. The van der Waals surface area contributed by atoms with Gasteiger partial charge in [0, 0.05) is 27.7 Å². The van der Waals surface area contributed by atoms with Gasteiger partial charge in [0.15, 0.2) is 12.2 Å². The maximum Gasteiger partial charge on any atom is 0.303 e. The van der Waals surface area contributed by atoms with Gasteiger partial charge in [0.1, 0.15) is 18.5 Å². The van der Waals surface area contributed by atoms with E-state index in [1.807, 2.05) is 0 Å². The molecule has 0 spiro atoms. The van der Waals surface area contributed by atoms with E-state index in [0.717, 1.165) is 20.8 Å². The maximum absolute atomic E-state index is 11.8. The molecule has 0 unspecified atom stereocenters. The molecule has 170 valence electrons. The SMILES string of the molecule is CC(=O)OC[C@H]1O[C@H](Oc2ccccc2N)[C@H](OC(C)=O)[C@@H](OC(C)=O)[C@H]1OC(C)=O. The number of carbonyl (C=O) groups is 4. The second kappa shape index (κ2) is 10.6. The molecule has 0 radical (unpaired) electrons. The molecule has 0 saturated carbocycles. The van der Waals surface area contributed by atoms with E-state index < -0.39 is 54.6 Å². The van der Waals surface area contributed by atoms with E-state index in [1.54, 1.807) is 24.3 Å². The largest absolute Gasteiger partial charge is 0.463 e. The normalized spacial score (nSPS) is 25.1. The van der Waals surface area contributed by atoms with Crippen molar-refractivity contribution in [1.29, 1.82) is 0 Å². The highest BCUT2D eigenvalue weighted by molar-refractivity contribution is 5.68. The molecule has 1 aliphatic heterocycles. The second-order valence-corrected chi connectivity index (χ2v) is 6.72. The summed E-state index contributed by atoms with van der Waals surface area (Å²) in [6.07, 6.45) is -6.31. The Hall–Kier alpha value is -3.34. The van der Waals surface area contributed by atoms with Gasteiger partial charge in [0.25, 0.3) is 0 Å². The number of hydrogen-bond donors (Lipinski definition) is 1. The van der Waals surface area contributed by atoms with Gasteiger partial charge in [0.2, 0.25) is 12.4 Å². The van der Waals surface area contributed by atoms with Crippen molar-refractivity contribution in [3.63, 3.8) is 0 Å². The quantitative estimate of drug-likeness (QED) is 0.364. The van der Waals surface area contributed by atoms with Gasteiger partial charge in [-0.15, -0.1) is 0 Å². The van der Waals surface area contributed by atoms with Crippen LogP contribution in [0.4, 0.5) is 5.69 Å². The van der Waals surface area contributed by atoms with E-state index in [0.29, 0.717) is 0 Å². The standard InChI is InChI=1S/C20H25NO10/c1-10(22)26-9-16-17(27-11(2)23)18(28-12(3)24)19(29-13(4)25)20(31-16)30-15-8-6-5-7-14(15)21/h5-8,16-20H,9,21H2,1-4H3/t16-,17+,18+,19-,20+/m1/s1. The molecule has 11 heteroatoms. The lowest BCUT2D eigenvalue weighted by molar-refractivity contribution is -0.288. The summed E-state index contributed by atoms with van der Waals surface area (Å²) >= 11 is 0. The molecule has 31 heavy (non-hydrogen) atoms. The number of benzene rings is 1. The monoisotopic (exact) mass is 439 g/mol. The average molecular weight is 439 g/mol. The Morgan fingerprint density at radius 1 is 0.839 bits per heavy atom. The Morgan fingerprint density at radius 3 is 1.94 bits per heavy atom. The van der Waals surface area contributed by atoms with E-state index in [1.165, 1.54) is 6.92 Å². The molecule has 1 aromatic carbocycles. The van der Waals surface area contributed by atoms with Crippen molar-refractivity contribution in [3.05, 3.63) is 24.3 Å². The Kier molecular flexibility index (Phi) is 8.20. The summed E-state index contributed by atoms with van der Waals surface area (Å²) in [7, 11) is 0. The molecular formula is C20H25NO10. The average Bonchev–Trinajstić information content (AvgIpc) is 2.65. The zero-order chi connectivity index (χ0) is 23.1. The maximum atomic E-state index is 11.8. The predicted molar refractivity (Wildman–Crippen MR) is 103 cm³/mol. The minimum absolute atomic E-state index is 0.211. The summed E-state index contributed by atoms with van der Waals surface area (Å²) in [6.45, 7) is 4.26. The summed E-state index contributed by atoms with van der Waals surface area (Å²) in [4.78, 5) is 46.5. The summed E-state index contributed by atoms with van der Waals surface area (Å²) in [5, 5.41) is 0. The molecular weight excluding hydrogens is 414 g/mol. The number of anilines is 1. The molecule has 1 aliphatic rings. The first-order chi connectivity index (χ1) is 14.6.